The number of nitrogens with one attached hydrogen (secondary N) is 1. The van der Waals surface area contributed by atoms with E-state index in [9.17, 15) is 14.7 Å². The molecule has 1 amide bonds. The number of rotatable bonds is 5. The van der Waals surface area contributed by atoms with Crippen molar-refractivity contribution in [2.24, 2.45) is 0 Å². The van der Waals surface area contributed by atoms with Gasteiger partial charge in [-0.15, -0.1) is 11.3 Å². The molecule has 0 saturated heterocycles. The quantitative estimate of drug-likeness (QED) is 0.547. The second-order valence-electron chi connectivity index (χ2n) is 7.32. The number of thiophene rings is 1. The molecule has 3 rings (SSSR count). The summed E-state index contributed by atoms with van der Waals surface area (Å²) in [5.74, 6) is -0.962. The number of aromatic carboxylic acids is 1. The Morgan fingerprint density at radius 2 is 1.86 bits per heavy atom. The van der Waals surface area contributed by atoms with Gasteiger partial charge in [0.25, 0.3) is 0 Å². The van der Waals surface area contributed by atoms with Gasteiger partial charge >= 0.3 is 5.97 Å². The molecule has 0 aliphatic carbocycles. The minimum Gasteiger partial charge on any atom is -0.478 e. The predicted octanol–water partition coefficient (Wildman–Crippen LogP) is 5.66. The molecule has 0 spiro atoms. The van der Waals surface area contributed by atoms with Crippen LogP contribution in [0.15, 0.2) is 58.5 Å². The van der Waals surface area contributed by atoms with Crippen LogP contribution in [0.25, 0.3) is 17.2 Å². The molecule has 0 radical (unpaired) electrons. The zero-order valence-corrected chi connectivity index (χ0v) is 16.7. The molecule has 5 nitrogen and oxygen atoms in total. The number of hydrogen-bond donors (Lipinski definition) is 2. The molecule has 0 aliphatic heterocycles. The smallest absolute Gasteiger partial charge is 0.339 e. The fraction of sp³-hybridized carbons (Fsp3) is 0.182. The van der Waals surface area contributed by atoms with E-state index in [1.165, 1.54) is 35.3 Å². The fourth-order valence-corrected chi connectivity index (χ4v) is 3.69. The van der Waals surface area contributed by atoms with Gasteiger partial charge in [-0.1, -0.05) is 45.0 Å². The molecule has 1 aromatic carbocycles. The lowest BCUT2D eigenvalue weighted by Gasteiger charge is -2.19. The molecule has 0 atom stereocenters. The maximum Gasteiger partial charge on any atom is 0.339 e. The fourth-order valence-electron chi connectivity index (χ4n) is 2.72. The molecule has 144 valence electrons. The topological polar surface area (TPSA) is 79.5 Å². The Kier molecular flexibility index (Phi) is 5.51. The van der Waals surface area contributed by atoms with E-state index in [0.717, 1.165) is 5.56 Å². The number of amides is 1. The second-order valence-corrected chi connectivity index (χ2v) is 8.20. The number of carboxylic acid groups (broad SMARTS) is 1. The van der Waals surface area contributed by atoms with E-state index in [4.69, 9.17) is 4.42 Å². The van der Waals surface area contributed by atoms with Crippen molar-refractivity contribution in [2.75, 3.05) is 5.32 Å². The number of carbonyl (C=O) groups is 2. The van der Waals surface area contributed by atoms with Crippen molar-refractivity contribution in [1.82, 2.24) is 0 Å². The Balaban J connectivity index is 1.86. The molecule has 3 aromatic rings. The van der Waals surface area contributed by atoms with E-state index in [0.29, 0.717) is 16.3 Å². The van der Waals surface area contributed by atoms with Crippen LogP contribution >= 0.6 is 11.3 Å². The first-order valence-corrected chi connectivity index (χ1v) is 9.62. The van der Waals surface area contributed by atoms with Gasteiger partial charge in [0.05, 0.1) is 6.26 Å². The van der Waals surface area contributed by atoms with Gasteiger partial charge in [0.2, 0.25) is 5.91 Å². The molecule has 0 fully saturated rings. The monoisotopic (exact) mass is 395 g/mol. The van der Waals surface area contributed by atoms with Crippen molar-refractivity contribution in [1.29, 1.82) is 0 Å². The third-order valence-corrected chi connectivity index (χ3v) is 5.14. The Morgan fingerprint density at radius 1 is 1.14 bits per heavy atom. The number of hydrogen-bond acceptors (Lipinski definition) is 4. The van der Waals surface area contributed by atoms with Crippen molar-refractivity contribution in [3.8, 4) is 11.1 Å². The van der Waals surface area contributed by atoms with Gasteiger partial charge in [-0.05, 0) is 34.8 Å². The van der Waals surface area contributed by atoms with E-state index >= 15 is 0 Å². The van der Waals surface area contributed by atoms with Gasteiger partial charge in [0, 0.05) is 17.0 Å². The summed E-state index contributed by atoms with van der Waals surface area (Å²) in [6.45, 7) is 6.37. The lowest BCUT2D eigenvalue weighted by atomic mass is 9.86. The van der Waals surface area contributed by atoms with Crippen LogP contribution in [0.1, 0.15) is 42.5 Å². The van der Waals surface area contributed by atoms with Crippen LogP contribution in [0.4, 0.5) is 5.00 Å². The van der Waals surface area contributed by atoms with Gasteiger partial charge in [-0.25, -0.2) is 4.79 Å². The van der Waals surface area contributed by atoms with Crippen molar-refractivity contribution in [3.63, 3.8) is 0 Å². The first-order valence-electron chi connectivity index (χ1n) is 8.74. The third-order valence-electron chi connectivity index (χ3n) is 4.25. The van der Waals surface area contributed by atoms with E-state index in [2.05, 4.69) is 26.1 Å². The summed E-state index contributed by atoms with van der Waals surface area (Å²) in [7, 11) is 0. The molecule has 0 saturated carbocycles. The predicted molar refractivity (Wildman–Crippen MR) is 112 cm³/mol. The summed E-state index contributed by atoms with van der Waals surface area (Å²) in [4.78, 5) is 24.0. The third kappa shape index (κ3) is 4.40. The Morgan fingerprint density at radius 3 is 2.43 bits per heavy atom. The highest BCUT2D eigenvalue weighted by Gasteiger charge is 2.21. The van der Waals surface area contributed by atoms with Crippen molar-refractivity contribution in [2.45, 2.75) is 26.2 Å². The molecular weight excluding hydrogens is 374 g/mol. The molecule has 0 unspecified atom stereocenters. The maximum atomic E-state index is 12.2. The van der Waals surface area contributed by atoms with Crippen LogP contribution in [0, 0.1) is 0 Å². The first-order chi connectivity index (χ1) is 13.3. The summed E-state index contributed by atoms with van der Waals surface area (Å²) in [5.41, 5.74) is 2.66. The van der Waals surface area contributed by atoms with Gasteiger partial charge in [-0.2, -0.15) is 0 Å². The van der Waals surface area contributed by atoms with Crippen LogP contribution < -0.4 is 5.32 Å². The second kappa shape index (κ2) is 7.86. The molecular formula is C22H21NO4S. The molecule has 28 heavy (non-hydrogen) atoms. The minimum absolute atomic E-state index is 0.0161. The zero-order chi connectivity index (χ0) is 20.3. The summed E-state index contributed by atoms with van der Waals surface area (Å²) in [6, 6.07) is 11.3. The number of anilines is 1. The molecule has 2 heterocycles. The van der Waals surface area contributed by atoms with Crippen LogP contribution in [0.3, 0.4) is 0 Å². The summed E-state index contributed by atoms with van der Waals surface area (Å²) >= 11 is 1.19. The SMILES string of the molecule is CC(C)(C)c1ccc(-c2csc(NC(=O)/C=C/c3ccco3)c2C(=O)O)cc1. The van der Waals surface area contributed by atoms with Crippen molar-refractivity contribution in [3.05, 3.63) is 71.0 Å². The van der Waals surface area contributed by atoms with Crippen molar-refractivity contribution < 1.29 is 19.1 Å². The van der Waals surface area contributed by atoms with Crippen LogP contribution in [-0.4, -0.2) is 17.0 Å². The van der Waals surface area contributed by atoms with E-state index in [1.807, 2.05) is 24.3 Å². The van der Waals surface area contributed by atoms with Gasteiger partial charge in [-0.3, -0.25) is 4.79 Å². The molecule has 2 N–H and O–H groups in total. The van der Waals surface area contributed by atoms with Crippen molar-refractivity contribution >= 4 is 34.3 Å². The largest absolute Gasteiger partial charge is 0.478 e. The molecule has 0 aliphatic rings. The highest BCUT2D eigenvalue weighted by Crippen LogP contribution is 2.36. The number of benzene rings is 1. The Labute approximate surface area is 167 Å². The lowest BCUT2D eigenvalue weighted by molar-refractivity contribution is -0.111. The highest BCUT2D eigenvalue weighted by molar-refractivity contribution is 7.15. The lowest BCUT2D eigenvalue weighted by Crippen LogP contribution is -2.11. The zero-order valence-electron chi connectivity index (χ0n) is 15.9. The van der Waals surface area contributed by atoms with E-state index < -0.39 is 11.9 Å². The van der Waals surface area contributed by atoms with Crippen LogP contribution in [0.2, 0.25) is 0 Å². The van der Waals surface area contributed by atoms with Gasteiger partial charge in [0.15, 0.2) is 0 Å². The normalized spacial score (nSPS) is 11.7. The number of carboxylic acids is 1. The van der Waals surface area contributed by atoms with Gasteiger partial charge in [0.1, 0.15) is 16.3 Å². The summed E-state index contributed by atoms with van der Waals surface area (Å²) in [6.07, 6.45) is 4.34. The summed E-state index contributed by atoms with van der Waals surface area (Å²) < 4.78 is 5.13. The maximum absolute atomic E-state index is 12.2. The first kappa shape index (κ1) is 19.6. The Hall–Kier alpha value is -3.12. The van der Waals surface area contributed by atoms with Crippen LogP contribution in [-0.2, 0) is 10.2 Å². The summed E-state index contributed by atoms with van der Waals surface area (Å²) in [5, 5.41) is 14.4. The average molecular weight is 395 g/mol. The number of furan rings is 1. The van der Waals surface area contributed by atoms with E-state index in [1.54, 1.807) is 17.5 Å². The van der Waals surface area contributed by atoms with Gasteiger partial charge < -0.3 is 14.8 Å². The molecule has 2 aromatic heterocycles. The highest BCUT2D eigenvalue weighted by atomic mass is 32.1. The standard InChI is InChI=1S/C22H21NO4S/c1-22(2,3)15-8-6-14(7-9-15)17-13-28-20(19(17)21(25)26)23-18(24)11-10-16-5-4-12-27-16/h4-13H,1-3H3,(H,23,24)(H,25,26)/b11-10+. The minimum atomic E-state index is -1.08. The molecule has 6 heteroatoms. The van der Waals surface area contributed by atoms with Crippen LogP contribution in [0.5, 0.6) is 0 Å². The molecule has 0 bridgehead atoms. The average Bonchev–Trinajstić information content (AvgIpc) is 3.29. The number of carbonyl (C=O) groups excluding carboxylic acids is 1. The Bertz CT molecular complexity index is 1010. The van der Waals surface area contributed by atoms with E-state index in [-0.39, 0.29) is 11.0 Å².